The Bertz CT molecular complexity index is 692. The Labute approximate surface area is 118 Å². The number of hydrogen-bond donors (Lipinski definition) is 3. The molecule has 0 aliphatic carbocycles. The highest BCUT2D eigenvalue weighted by atomic mass is 32.1. The van der Waals surface area contributed by atoms with E-state index in [1.807, 2.05) is 6.92 Å². The Kier molecular flexibility index (Phi) is 3.80. The number of carboxylic acids is 2. The van der Waals surface area contributed by atoms with Gasteiger partial charge in [-0.3, -0.25) is 0 Å². The maximum absolute atomic E-state index is 11.2. The molecule has 0 aliphatic heterocycles. The van der Waals surface area contributed by atoms with E-state index >= 15 is 0 Å². The van der Waals surface area contributed by atoms with Gasteiger partial charge in [-0.05, 0) is 18.6 Å². The van der Waals surface area contributed by atoms with Gasteiger partial charge in [0.15, 0.2) is 0 Å². The smallest absolute Gasteiger partial charge is 0.348 e. The number of carbonyl (C=O) groups is 2. The Morgan fingerprint density at radius 3 is 2.55 bits per heavy atom. The summed E-state index contributed by atoms with van der Waals surface area (Å²) in [6, 6.07) is 2.91. The fraction of sp³-hybridized carbons (Fsp3) is 0.231. The average Bonchev–Trinajstić information content (AvgIpc) is 2.74. The fourth-order valence-corrected chi connectivity index (χ4v) is 2.94. The van der Waals surface area contributed by atoms with Gasteiger partial charge in [-0.2, -0.15) is 0 Å². The number of thiophene rings is 1. The number of ether oxygens (including phenoxy) is 1. The largest absolute Gasteiger partial charge is 0.493 e. The van der Waals surface area contributed by atoms with E-state index in [9.17, 15) is 9.59 Å². The first-order valence-electron chi connectivity index (χ1n) is 5.91. The number of fused-ring (bicyclic) bond motifs is 1. The first kappa shape index (κ1) is 14.1. The minimum atomic E-state index is -1.18. The minimum absolute atomic E-state index is 0.0213. The summed E-state index contributed by atoms with van der Waals surface area (Å²) >= 11 is 0.849. The van der Waals surface area contributed by atoms with Crippen molar-refractivity contribution in [3.8, 4) is 5.75 Å². The standard InChI is InChI=1S/C13H13NO5S/c1-2-5-19-7-4-3-6(12(15)16)10-8(7)9(14)11(20-10)13(17)18/h3-4H,2,5,14H2,1H3,(H,15,16)(H,17,18). The van der Waals surface area contributed by atoms with Crippen molar-refractivity contribution in [1.29, 1.82) is 0 Å². The van der Waals surface area contributed by atoms with Crippen LogP contribution in [-0.2, 0) is 0 Å². The Morgan fingerprint density at radius 1 is 1.30 bits per heavy atom. The normalized spacial score (nSPS) is 10.7. The minimum Gasteiger partial charge on any atom is -0.493 e. The van der Waals surface area contributed by atoms with E-state index in [0.717, 1.165) is 17.8 Å². The molecule has 1 aromatic heterocycles. The number of nitrogen functional groups attached to an aromatic ring is 1. The van der Waals surface area contributed by atoms with Crippen molar-refractivity contribution < 1.29 is 24.5 Å². The first-order chi connectivity index (χ1) is 9.47. The van der Waals surface area contributed by atoms with Crippen LogP contribution < -0.4 is 10.5 Å². The van der Waals surface area contributed by atoms with Gasteiger partial charge >= 0.3 is 11.9 Å². The van der Waals surface area contributed by atoms with Crippen LogP contribution in [0.4, 0.5) is 5.69 Å². The fourth-order valence-electron chi connectivity index (χ4n) is 1.86. The second-order valence-electron chi connectivity index (χ2n) is 4.12. The van der Waals surface area contributed by atoms with Crippen LogP contribution in [0.3, 0.4) is 0 Å². The number of nitrogens with two attached hydrogens (primary N) is 1. The third kappa shape index (κ3) is 2.27. The summed E-state index contributed by atoms with van der Waals surface area (Å²) in [5, 5.41) is 18.6. The van der Waals surface area contributed by atoms with Crippen LogP contribution >= 0.6 is 11.3 Å². The van der Waals surface area contributed by atoms with Crippen molar-refractivity contribution in [2.75, 3.05) is 12.3 Å². The Morgan fingerprint density at radius 2 is 2.00 bits per heavy atom. The van der Waals surface area contributed by atoms with Gasteiger partial charge in [0, 0.05) is 0 Å². The molecule has 0 saturated carbocycles. The lowest BCUT2D eigenvalue weighted by Crippen LogP contribution is -2.01. The highest BCUT2D eigenvalue weighted by Gasteiger charge is 2.22. The number of hydrogen-bond acceptors (Lipinski definition) is 5. The lowest BCUT2D eigenvalue weighted by Gasteiger charge is -2.08. The zero-order chi connectivity index (χ0) is 14.9. The molecule has 0 radical (unpaired) electrons. The van der Waals surface area contributed by atoms with Crippen molar-refractivity contribution in [1.82, 2.24) is 0 Å². The van der Waals surface area contributed by atoms with Gasteiger partial charge in [0.2, 0.25) is 0 Å². The van der Waals surface area contributed by atoms with E-state index in [0.29, 0.717) is 22.4 Å². The third-order valence-electron chi connectivity index (χ3n) is 2.72. The van der Waals surface area contributed by atoms with Crippen LogP contribution in [0.15, 0.2) is 12.1 Å². The molecule has 1 aromatic carbocycles. The number of anilines is 1. The molecular formula is C13H13NO5S. The Balaban J connectivity index is 2.75. The molecule has 4 N–H and O–H groups in total. The molecule has 6 nitrogen and oxygen atoms in total. The molecule has 0 aliphatic rings. The predicted octanol–water partition coefficient (Wildman–Crippen LogP) is 2.67. The Hall–Kier alpha value is -2.28. The van der Waals surface area contributed by atoms with Crippen LogP contribution in [0, 0.1) is 0 Å². The monoisotopic (exact) mass is 295 g/mol. The maximum Gasteiger partial charge on any atom is 0.348 e. The molecule has 2 rings (SSSR count). The molecule has 0 bridgehead atoms. The molecule has 0 atom stereocenters. The topological polar surface area (TPSA) is 110 Å². The summed E-state index contributed by atoms with van der Waals surface area (Å²) in [6.07, 6.45) is 0.776. The molecular weight excluding hydrogens is 282 g/mol. The maximum atomic E-state index is 11.2. The molecule has 2 aromatic rings. The summed E-state index contributed by atoms with van der Waals surface area (Å²) in [5.41, 5.74) is 5.91. The first-order valence-corrected chi connectivity index (χ1v) is 6.73. The predicted molar refractivity (Wildman–Crippen MR) is 75.9 cm³/mol. The summed E-state index contributed by atoms with van der Waals surface area (Å²) in [7, 11) is 0. The highest BCUT2D eigenvalue weighted by Crippen LogP contribution is 2.41. The number of rotatable bonds is 5. The van der Waals surface area contributed by atoms with Crippen molar-refractivity contribution >= 4 is 39.0 Å². The van der Waals surface area contributed by atoms with Gasteiger partial charge < -0.3 is 20.7 Å². The van der Waals surface area contributed by atoms with Crippen molar-refractivity contribution in [3.05, 3.63) is 22.6 Å². The highest BCUT2D eigenvalue weighted by molar-refractivity contribution is 7.22. The van der Waals surface area contributed by atoms with Crippen LogP contribution in [0.2, 0.25) is 0 Å². The molecule has 0 spiro atoms. The lowest BCUT2D eigenvalue weighted by molar-refractivity contribution is 0.0689. The van der Waals surface area contributed by atoms with Gasteiger partial charge in [-0.15, -0.1) is 11.3 Å². The van der Waals surface area contributed by atoms with Gasteiger partial charge in [0.05, 0.1) is 27.9 Å². The summed E-state index contributed by atoms with van der Waals surface area (Å²) < 4.78 is 5.84. The lowest BCUT2D eigenvalue weighted by atomic mass is 10.1. The quantitative estimate of drug-likeness (QED) is 0.782. The van der Waals surface area contributed by atoms with Gasteiger partial charge in [-0.1, -0.05) is 6.92 Å². The van der Waals surface area contributed by atoms with E-state index in [1.165, 1.54) is 12.1 Å². The number of carboxylic acid groups (broad SMARTS) is 2. The second kappa shape index (κ2) is 5.38. The van der Waals surface area contributed by atoms with Crippen molar-refractivity contribution in [2.45, 2.75) is 13.3 Å². The summed E-state index contributed by atoms with van der Waals surface area (Å²) in [4.78, 5) is 22.3. The molecule has 1 heterocycles. The molecule has 0 fully saturated rings. The average molecular weight is 295 g/mol. The molecule has 7 heteroatoms. The van der Waals surface area contributed by atoms with Crippen LogP contribution in [0.1, 0.15) is 33.4 Å². The van der Waals surface area contributed by atoms with E-state index in [-0.39, 0.29) is 16.1 Å². The van der Waals surface area contributed by atoms with Gasteiger partial charge in [0.25, 0.3) is 0 Å². The van der Waals surface area contributed by atoms with Crippen LogP contribution in [0.5, 0.6) is 5.75 Å². The summed E-state index contributed by atoms with van der Waals surface area (Å²) in [5.74, 6) is -1.90. The van der Waals surface area contributed by atoms with Gasteiger partial charge in [-0.25, -0.2) is 9.59 Å². The van der Waals surface area contributed by atoms with E-state index < -0.39 is 11.9 Å². The molecule has 0 amide bonds. The zero-order valence-electron chi connectivity index (χ0n) is 10.7. The van der Waals surface area contributed by atoms with Crippen LogP contribution in [-0.4, -0.2) is 28.8 Å². The SMILES string of the molecule is CCCOc1ccc(C(=O)O)c2sc(C(=O)O)c(N)c12. The van der Waals surface area contributed by atoms with E-state index in [4.69, 9.17) is 20.7 Å². The molecule has 106 valence electrons. The number of benzene rings is 1. The molecule has 0 unspecified atom stereocenters. The van der Waals surface area contributed by atoms with Crippen LogP contribution in [0.25, 0.3) is 10.1 Å². The summed E-state index contributed by atoms with van der Waals surface area (Å²) in [6.45, 7) is 2.38. The zero-order valence-corrected chi connectivity index (χ0v) is 11.5. The molecule has 20 heavy (non-hydrogen) atoms. The van der Waals surface area contributed by atoms with Crippen molar-refractivity contribution in [2.24, 2.45) is 0 Å². The number of aromatic carboxylic acids is 2. The van der Waals surface area contributed by atoms with E-state index in [1.54, 1.807) is 0 Å². The van der Waals surface area contributed by atoms with E-state index in [2.05, 4.69) is 0 Å². The second-order valence-corrected chi connectivity index (χ2v) is 5.14. The van der Waals surface area contributed by atoms with Gasteiger partial charge in [0.1, 0.15) is 10.6 Å². The van der Waals surface area contributed by atoms with Crippen molar-refractivity contribution in [3.63, 3.8) is 0 Å². The third-order valence-corrected chi connectivity index (χ3v) is 3.95. The molecule has 0 saturated heterocycles.